The van der Waals surface area contributed by atoms with Gasteiger partial charge in [0, 0.05) is 23.9 Å². The number of carbonyl (C=O) groups is 1. The Hall–Kier alpha value is -2.84. The van der Waals surface area contributed by atoms with Crippen molar-refractivity contribution in [3.63, 3.8) is 0 Å². The van der Waals surface area contributed by atoms with Gasteiger partial charge < -0.3 is 19.7 Å². The molecule has 0 bridgehead atoms. The van der Waals surface area contributed by atoms with Gasteiger partial charge in [-0.05, 0) is 30.3 Å². The maximum Gasteiger partial charge on any atom is 0.292 e. The number of nitro groups is 1. The van der Waals surface area contributed by atoms with Gasteiger partial charge in [0.1, 0.15) is 23.2 Å². The Balaban J connectivity index is 1.78. The Bertz CT molecular complexity index is 921. The molecule has 0 radical (unpaired) electrons. The summed E-state index contributed by atoms with van der Waals surface area (Å²) in [5.41, 5.74) is 0.896. The van der Waals surface area contributed by atoms with E-state index in [2.05, 4.69) is 5.32 Å². The first kappa shape index (κ1) is 20.9. The number of halogens is 1. The molecule has 0 saturated carbocycles. The molecule has 1 aliphatic heterocycles. The molecule has 2 N–H and O–H groups in total. The summed E-state index contributed by atoms with van der Waals surface area (Å²) in [7, 11) is 3.22. The molecule has 1 aliphatic rings. The van der Waals surface area contributed by atoms with Gasteiger partial charge in [-0.15, -0.1) is 0 Å². The molecule has 3 rings (SSSR count). The summed E-state index contributed by atoms with van der Waals surface area (Å²) in [5, 5.41) is 14.2. The summed E-state index contributed by atoms with van der Waals surface area (Å²) in [6.45, 7) is 0.991. The third-order valence-electron chi connectivity index (χ3n) is 5.11. The van der Waals surface area contributed by atoms with Gasteiger partial charge in [0.2, 0.25) is 0 Å². The number of hydrogen-bond acceptors (Lipinski definition) is 5. The van der Waals surface area contributed by atoms with E-state index in [9.17, 15) is 14.9 Å². The smallest absolute Gasteiger partial charge is 0.292 e. The Morgan fingerprint density at radius 3 is 2.76 bits per heavy atom. The first-order chi connectivity index (χ1) is 13.9. The maximum atomic E-state index is 12.7. The van der Waals surface area contributed by atoms with Gasteiger partial charge in [-0.25, -0.2) is 0 Å². The predicted molar refractivity (Wildman–Crippen MR) is 109 cm³/mol. The van der Waals surface area contributed by atoms with Crippen LogP contribution in [0.15, 0.2) is 36.4 Å². The summed E-state index contributed by atoms with van der Waals surface area (Å²) in [5.74, 6) is 1.17. The summed E-state index contributed by atoms with van der Waals surface area (Å²) < 4.78 is 10.8. The summed E-state index contributed by atoms with van der Waals surface area (Å²) in [4.78, 5) is 24.4. The van der Waals surface area contributed by atoms with Gasteiger partial charge >= 0.3 is 0 Å². The molecule has 2 aromatic carbocycles. The van der Waals surface area contributed by atoms with Crippen molar-refractivity contribution in [1.82, 2.24) is 0 Å². The van der Waals surface area contributed by atoms with Crippen molar-refractivity contribution in [2.24, 2.45) is 0 Å². The monoisotopic (exact) mass is 420 g/mol. The van der Waals surface area contributed by atoms with Crippen LogP contribution in [0, 0.1) is 10.1 Å². The van der Waals surface area contributed by atoms with Crippen LogP contribution in [-0.2, 0) is 4.79 Å². The fraction of sp³-hybridized carbons (Fsp3) is 0.350. The highest BCUT2D eigenvalue weighted by Crippen LogP contribution is 2.32. The van der Waals surface area contributed by atoms with Crippen LogP contribution in [0.4, 0.5) is 11.4 Å². The molecule has 8 nitrogen and oxygen atoms in total. The van der Waals surface area contributed by atoms with Crippen molar-refractivity contribution in [2.45, 2.75) is 18.9 Å². The zero-order chi connectivity index (χ0) is 21.0. The fourth-order valence-corrected chi connectivity index (χ4v) is 3.95. The molecule has 1 amide bonds. The number of anilines is 1. The average molecular weight is 421 g/mol. The van der Waals surface area contributed by atoms with Gasteiger partial charge in [0.05, 0.1) is 31.3 Å². The summed E-state index contributed by atoms with van der Waals surface area (Å²) in [6.07, 6.45) is 1.87. The predicted octanol–water partition coefficient (Wildman–Crippen LogP) is 2.62. The van der Waals surface area contributed by atoms with E-state index in [0.717, 1.165) is 41.3 Å². The van der Waals surface area contributed by atoms with Crippen LogP contribution in [0.1, 0.15) is 24.4 Å². The van der Waals surface area contributed by atoms with E-state index in [-0.39, 0.29) is 29.9 Å². The second-order valence-corrected chi connectivity index (χ2v) is 7.29. The highest BCUT2D eigenvalue weighted by atomic mass is 35.5. The number of carbonyl (C=O) groups excluding carboxylic acids is 1. The van der Waals surface area contributed by atoms with Crippen LogP contribution in [0.3, 0.4) is 0 Å². The highest BCUT2D eigenvalue weighted by molar-refractivity contribution is 6.31. The Kier molecular flexibility index (Phi) is 6.56. The number of hydrogen-bond donors (Lipinski definition) is 2. The van der Waals surface area contributed by atoms with Gasteiger partial charge in [-0.2, -0.15) is 0 Å². The van der Waals surface area contributed by atoms with Crippen molar-refractivity contribution >= 4 is 28.9 Å². The third kappa shape index (κ3) is 4.78. The molecule has 0 spiro atoms. The van der Waals surface area contributed by atoms with Crippen LogP contribution >= 0.6 is 11.6 Å². The molecule has 0 aromatic heterocycles. The van der Waals surface area contributed by atoms with Crippen LogP contribution in [0.2, 0.25) is 5.02 Å². The van der Waals surface area contributed by atoms with Gasteiger partial charge in [0.25, 0.3) is 11.6 Å². The largest absolute Gasteiger partial charge is 0.497 e. The third-order valence-corrected chi connectivity index (χ3v) is 5.35. The average Bonchev–Trinajstić information content (AvgIpc) is 3.14. The van der Waals surface area contributed by atoms with E-state index in [4.69, 9.17) is 21.1 Å². The summed E-state index contributed by atoms with van der Waals surface area (Å²) in [6, 6.07) is 9.80. The van der Waals surface area contributed by atoms with Crippen LogP contribution < -0.4 is 19.7 Å². The van der Waals surface area contributed by atoms with E-state index in [0.29, 0.717) is 5.02 Å². The number of rotatable bonds is 7. The van der Waals surface area contributed by atoms with E-state index in [1.807, 2.05) is 18.2 Å². The molecule has 2 aromatic rings. The molecule has 154 valence electrons. The lowest BCUT2D eigenvalue weighted by atomic mass is 10.0. The van der Waals surface area contributed by atoms with Gasteiger partial charge in [-0.3, -0.25) is 14.9 Å². The number of amides is 1. The molecule has 2 atom stereocenters. The molecule has 1 fully saturated rings. The second-order valence-electron chi connectivity index (χ2n) is 6.85. The number of methoxy groups -OCH3 is 2. The van der Waals surface area contributed by atoms with Crippen molar-refractivity contribution in [3.8, 4) is 11.5 Å². The number of quaternary nitrogens is 1. The lowest BCUT2D eigenvalue weighted by Crippen LogP contribution is -3.11. The minimum Gasteiger partial charge on any atom is -0.497 e. The number of nitro benzene ring substituents is 1. The first-order valence-electron chi connectivity index (χ1n) is 9.23. The van der Waals surface area contributed by atoms with Crippen molar-refractivity contribution in [2.75, 3.05) is 32.6 Å². The van der Waals surface area contributed by atoms with Crippen LogP contribution in [-0.4, -0.2) is 38.1 Å². The number of nitrogens with one attached hydrogen (secondary N) is 2. The van der Waals surface area contributed by atoms with E-state index < -0.39 is 4.92 Å². The summed E-state index contributed by atoms with van der Waals surface area (Å²) >= 11 is 5.94. The second kappa shape index (κ2) is 9.11. The minimum absolute atomic E-state index is 0.0696. The molecule has 9 heteroatoms. The van der Waals surface area contributed by atoms with Crippen LogP contribution in [0.5, 0.6) is 11.5 Å². The number of nitrogens with zero attached hydrogens (tertiary/aromatic N) is 1. The minimum atomic E-state index is -0.543. The van der Waals surface area contributed by atoms with Crippen molar-refractivity contribution in [3.05, 3.63) is 57.1 Å². The normalized spacial score (nSPS) is 18.3. The fourth-order valence-electron chi connectivity index (χ4n) is 3.78. The molecular weight excluding hydrogens is 398 g/mol. The van der Waals surface area contributed by atoms with Crippen molar-refractivity contribution < 1.29 is 24.1 Å². The lowest BCUT2D eigenvalue weighted by molar-refractivity contribution is -0.910. The molecule has 29 heavy (non-hydrogen) atoms. The zero-order valence-corrected chi connectivity index (χ0v) is 17.0. The Labute approximate surface area is 173 Å². The molecule has 1 saturated heterocycles. The van der Waals surface area contributed by atoms with Gasteiger partial charge in [0.15, 0.2) is 6.54 Å². The zero-order valence-electron chi connectivity index (χ0n) is 16.2. The van der Waals surface area contributed by atoms with E-state index in [1.54, 1.807) is 14.2 Å². The Morgan fingerprint density at radius 1 is 1.28 bits per heavy atom. The number of ether oxygens (including phenoxy) is 2. The van der Waals surface area contributed by atoms with E-state index in [1.165, 1.54) is 18.2 Å². The SMILES string of the molecule is COc1ccc(OC)c([C@H]2CCC[NH+]2CC(=O)Nc2cc(Cl)ccc2[N+](=O)[O-])c1. The number of likely N-dealkylation sites (tertiary alicyclic amines) is 1. The van der Waals surface area contributed by atoms with Gasteiger partial charge in [-0.1, -0.05) is 11.6 Å². The van der Waals surface area contributed by atoms with Crippen molar-refractivity contribution in [1.29, 1.82) is 0 Å². The highest BCUT2D eigenvalue weighted by Gasteiger charge is 2.34. The number of benzene rings is 2. The van der Waals surface area contributed by atoms with Crippen LogP contribution in [0.25, 0.3) is 0 Å². The maximum absolute atomic E-state index is 12.7. The standard InChI is InChI=1S/C20H22ClN3O5/c1-28-14-6-8-19(29-2)15(11-14)17-4-3-9-23(17)12-20(25)22-16-10-13(21)5-7-18(16)24(26)27/h5-8,10-11,17H,3-4,9,12H2,1-2H3,(H,22,25)/p+1/t17-/m1/s1. The quantitative estimate of drug-likeness (QED) is 0.530. The lowest BCUT2D eigenvalue weighted by Gasteiger charge is -2.23. The topological polar surface area (TPSA) is 95.1 Å². The molecule has 0 aliphatic carbocycles. The molecular formula is C20H23ClN3O5+. The Morgan fingerprint density at radius 2 is 2.07 bits per heavy atom. The first-order valence-corrected chi connectivity index (χ1v) is 9.61. The van der Waals surface area contributed by atoms with E-state index >= 15 is 0 Å². The molecule has 1 unspecified atom stereocenters. The molecule has 1 heterocycles.